The van der Waals surface area contributed by atoms with Gasteiger partial charge in [-0.15, -0.1) is 11.3 Å². The van der Waals surface area contributed by atoms with Gasteiger partial charge < -0.3 is 0 Å². The fourth-order valence-corrected chi connectivity index (χ4v) is 2.52. The molecule has 1 heterocycles. The first-order chi connectivity index (χ1) is 6.18. The van der Waals surface area contributed by atoms with Crippen molar-refractivity contribution >= 4 is 21.4 Å². The van der Waals surface area contributed by atoms with Gasteiger partial charge >= 0.3 is 0 Å². The summed E-state index contributed by atoms with van der Waals surface area (Å²) >= 11 is 1.67. The largest absolute Gasteiger partial charge is 0.289 e. The Kier molecular flexibility index (Phi) is 1.93. The van der Waals surface area contributed by atoms with Crippen molar-refractivity contribution in [2.45, 2.75) is 13.8 Å². The van der Waals surface area contributed by atoms with Crippen LogP contribution < -0.4 is 5.43 Å². The molecule has 0 bridgehead atoms. The van der Waals surface area contributed by atoms with Gasteiger partial charge in [0.2, 0.25) is 0 Å². The van der Waals surface area contributed by atoms with E-state index < -0.39 is 0 Å². The van der Waals surface area contributed by atoms with E-state index in [4.69, 9.17) is 0 Å². The number of fused-ring (bicyclic) bond motifs is 1. The minimum absolute atomic E-state index is 0.143. The van der Waals surface area contributed by atoms with Crippen molar-refractivity contribution in [2.75, 3.05) is 0 Å². The minimum atomic E-state index is 0.143. The highest BCUT2D eigenvalue weighted by Crippen LogP contribution is 2.20. The lowest BCUT2D eigenvalue weighted by atomic mass is 10.1. The minimum Gasteiger partial charge on any atom is -0.289 e. The molecule has 2 rings (SSSR count). The van der Waals surface area contributed by atoms with Crippen LogP contribution in [0.15, 0.2) is 29.1 Å². The molecule has 0 unspecified atom stereocenters. The van der Waals surface area contributed by atoms with Crippen LogP contribution in [0.4, 0.5) is 0 Å². The summed E-state index contributed by atoms with van der Waals surface area (Å²) in [7, 11) is 0. The molecule has 0 radical (unpaired) electrons. The molecular formula is C11H10OS. The highest BCUT2D eigenvalue weighted by molar-refractivity contribution is 7.18. The first kappa shape index (κ1) is 8.45. The van der Waals surface area contributed by atoms with Crippen LogP contribution >= 0.6 is 11.3 Å². The third-order valence-electron chi connectivity index (χ3n) is 2.09. The molecule has 0 aliphatic rings. The van der Waals surface area contributed by atoms with Gasteiger partial charge in [0.05, 0.1) is 0 Å². The van der Waals surface area contributed by atoms with Crippen LogP contribution in [-0.2, 0) is 0 Å². The molecule has 0 fully saturated rings. The van der Waals surface area contributed by atoms with Crippen LogP contribution in [0.1, 0.15) is 10.4 Å². The maximum absolute atomic E-state index is 11.6. The van der Waals surface area contributed by atoms with Crippen LogP contribution in [-0.4, -0.2) is 0 Å². The SMILES string of the molecule is Cc1cc(=O)c2c(C)cccc2s1. The van der Waals surface area contributed by atoms with Crippen LogP contribution in [0.3, 0.4) is 0 Å². The normalized spacial score (nSPS) is 10.6. The van der Waals surface area contributed by atoms with E-state index in [1.54, 1.807) is 17.4 Å². The first-order valence-electron chi connectivity index (χ1n) is 4.18. The predicted molar refractivity (Wildman–Crippen MR) is 57.6 cm³/mol. The van der Waals surface area contributed by atoms with Gasteiger partial charge in [-0.25, -0.2) is 0 Å². The Hall–Kier alpha value is -1.15. The van der Waals surface area contributed by atoms with E-state index in [1.807, 2.05) is 32.0 Å². The molecule has 0 saturated carbocycles. The zero-order chi connectivity index (χ0) is 9.42. The Bertz CT molecular complexity index is 511. The van der Waals surface area contributed by atoms with Gasteiger partial charge in [0, 0.05) is 15.0 Å². The predicted octanol–water partition coefficient (Wildman–Crippen LogP) is 2.88. The summed E-state index contributed by atoms with van der Waals surface area (Å²) in [5.74, 6) is 0. The average molecular weight is 190 g/mol. The maximum Gasteiger partial charge on any atom is 0.188 e. The molecule has 66 valence electrons. The smallest absolute Gasteiger partial charge is 0.188 e. The van der Waals surface area contributed by atoms with Crippen LogP contribution in [0.25, 0.3) is 10.1 Å². The molecular weight excluding hydrogens is 180 g/mol. The fourth-order valence-electron chi connectivity index (χ4n) is 1.50. The highest BCUT2D eigenvalue weighted by Gasteiger charge is 2.01. The van der Waals surface area contributed by atoms with E-state index in [0.29, 0.717) is 0 Å². The average Bonchev–Trinajstić information content (AvgIpc) is 2.02. The summed E-state index contributed by atoms with van der Waals surface area (Å²) in [6.45, 7) is 3.94. The standard InChI is InChI=1S/C11H10OS/c1-7-4-3-5-10-11(7)9(12)6-8(2)13-10/h3-6H,1-2H3. The number of rotatable bonds is 0. The summed E-state index contributed by atoms with van der Waals surface area (Å²) in [5.41, 5.74) is 1.21. The van der Waals surface area contributed by atoms with E-state index >= 15 is 0 Å². The van der Waals surface area contributed by atoms with Crippen LogP contribution in [0.2, 0.25) is 0 Å². The number of aryl methyl sites for hydroxylation is 2. The van der Waals surface area contributed by atoms with E-state index in [-0.39, 0.29) is 5.43 Å². The van der Waals surface area contributed by atoms with E-state index in [0.717, 1.165) is 20.5 Å². The summed E-state index contributed by atoms with van der Waals surface area (Å²) < 4.78 is 1.09. The second kappa shape index (κ2) is 2.96. The topological polar surface area (TPSA) is 17.1 Å². The van der Waals surface area contributed by atoms with Gasteiger partial charge in [0.1, 0.15) is 0 Å². The summed E-state index contributed by atoms with van der Waals surface area (Å²) in [5, 5.41) is 0.873. The molecule has 13 heavy (non-hydrogen) atoms. The summed E-state index contributed by atoms with van der Waals surface area (Å²) in [4.78, 5) is 12.7. The molecule has 0 aliphatic heterocycles. The maximum atomic E-state index is 11.6. The molecule has 0 amide bonds. The van der Waals surface area contributed by atoms with Crippen molar-refractivity contribution in [1.82, 2.24) is 0 Å². The summed E-state index contributed by atoms with van der Waals surface area (Å²) in [6, 6.07) is 7.68. The van der Waals surface area contributed by atoms with Gasteiger partial charge in [-0.05, 0) is 31.5 Å². The highest BCUT2D eigenvalue weighted by atomic mass is 32.1. The third-order valence-corrected chi connectivity index (χ3v) is 3.09. The summed E-state index contributed by atoms with van der Waals surface area (Å²) in [6.07, 6.45) is 0. The molecule has 0 saturated heterocycles. The molecule has 0 spiro atoms. The Morgan fingerprint density at radius 2 is 2.00 bits per heavy atom. The van der Waals surface area contributed by atoms with Crippen LogP contribution in [0.5, 0.6) is 0 Å². The van der Waals surface area contributed by atoms with Gasteiger partial charge in [-0.1, -0.05) is 12.1 Å². The molecule has 0 atom stereocenters. The van der Waals surface area contributed by atoms with Gasteiger partial charge in [0.15, 0.2) is 5.43 Å². The monoisotopic (exact) mass is 190 g/mol. The Morgan fingerprint density at radius 1 is 1.23 bits per heavy atom. The van der Waals surface area contributed by atoms with Crippen molar-refractivity contribution < 1.29 is 0 Å². The quantitative estimate of drug-likeness (QED) is 0.624. The fraction of sp³-hybridized carbons (Fsp3) is 0.182. The lowest BCUT2D eigenvalue weighted by Gasteiger charge is -2.00. The van der Waals surface area contributed by atoms with Crippen molar-refractivity contribution in [1.29, 1.82) is 0 Å². The molecule has 1 aromatic carbocycles. The van der Waals surface area contributed by atoms with Gasteiger partial charge in [-0.3, -0.25) is 4.79 Å². The van der Waals surface area contributed by atoms with Crippen molar-refractivity contribution in [3.63, 3.8) is 0 Å². The Morgan fingerprint density at radius 3 is 2.77 bits per heavy atom. The van der Waals surface area contributed by atoms with Gasteiger partial charge in [-0.2, -0.15) is 0 Å². The zero-order valence-corrected chi connectivity index (χ0v) is 8.44. The lowest BCUT2D eigenvalue weighted by molar-refractivity contribution is 1.50. The second-order valence-electron chi connectivity index (χ2n) is 3.17. The Balaban J connectivity index is 3.03. The van der Waals surface area contributed by atoms with E-state index in [9.17, 15) is 4.79 Å². The molecule has 0 aliphatic carbocycles. The zero-order valence-electron chi connectivity index (χ0n) is 7.63. The van der Waals surface area contributed by atoms with Crippen LogP contribution in [0, 0.1) is 13.8 Å². The molecule has 1 nitrogen and oxygen atoms in total. The van der Waals surface area contributed by atoms with Crippen molar-refractivity contribution in [3.05, 3.63) is 44.9 Å². The van der Waals surface area contributed by atoms with Crippen molar-refractivity contribution in [2.24, 2.45) is 0 Å². The van der Waals surface area contributed by atoms with E-state index in [1.165, 1.54) is 0 Å². The second-order valence-corrected chi connectivity index (χ2v) is 4.46. The lowest BCUT2D eigenvalue weighted by Crippen LogP contribution is -2.00. The van der Waals surface area contributed by atoms with Gasteiger partial charge in [0.25, 0.3) is 0 Å². The molecule has 2 aromatic rings. The number of hydrogen-bond acceptors (Lipinski definition) is 2. The molecule has 2 heteroatoms. The van der Waals surface area contributed by atoms with E-state index in [2.05, 4.69) is 0 Å². The molecule has 1 aromatic heterocycles. The third kappa shape index (κ3) is 1.38. The Labute approximate surface area is 80.7 Å². The number of benzene rings is 1. The number of hydrogen-bond donors (Lipinski definition) is 0. The molecule has 0 N–H and O–H groups in total. The van der Waals surface area contributed by atoms with Crippen molar-refractivity contribution in [3.8, 4) is 0 Å². The first-order valence-corrected chi connectivity index (χ1v) is 5.00.